The summed E-state index contributed by atoms with van der Waals surface area (Å²) in [5, 5.41) is 8.83. The van der Waals surface area contributed by atoms with Crippen molar-refractivity contribution >= 4 is 13.6 Å². The normalized spacial score (nSPS) is 11.2. The van der Waals surface area contributed by atoms with Crippen LogP contribution in [-0.4, -0.2) is 38.8 Å². The second kappa shape index (κ2) is 4.42. The van der Waals surface area contributed by atoms with Crippen LogP contribution in [0.5, 0.6) is 0 Å². The van der Waals surface area contributed by atoms with Gasteiger partial charge in [-0.1, -0.05) is 0 Å². The second-order valence-corrected chi connectivity index (χ2v) is 3.98. The molecule has 72 valence electrons. The summed E-state index contributed by atoms with van der Waals surface area (Å²) in [5.74, 6) is 0. The summed E-state index contributed by atoms with van der Waals surface area (Å²) < 4.78 is 10.3. The molecule has 7 nitrogen and oxygen atoms in total. The molecule has 5 N–H and O–H groups in total. The third-order valence-electron chi connectivity index (χ3n) is 1.07. The zero-order valence-corrected chi connectivity index (χ0v) is 7.15. The summed E-state index contributed by atoms with van der Waals surface area (Å²) in [5.41, 5.74) is 4.63. The molecule has 0 saturated carbocycles. The van der Waals surface area contributed by atoms with Crippen LogP contribution in [0.1, 0.15) is 6.42 Å². The van der Waals surface area contributed by atoms with Gasteiger partial charge in [0.1, 0.15) is 0 Å². The van der Waals surface area contributed by atoms with Crippen molar-refractivity contribution < 1.29 is 24.4 Å². The predicted octanol–water partition coefficient (Wildman–Crippen LogP) is -0.676. The Morgan fingerprint density at radius 3 is 2.33 bits per heavy atom. The molecule has 0 radical (unpaired) electrons. The highest BCUT2D eigenvalue weighted by Gasteiger charge is 2.13. The summed E-state index contributed by atoms with van der Waals surface area (Å²) in [6.07, 6.45) is -0.374. The number of urea groups is 1. The molecule has 0 aliphatic rings. The topological polar surface area (TPSA) is 124 Å². The minimum atomic E-state index is -4.04. The largest absolute Gasteiger partial charge is 0.350 e. The van der Waals surface area contributed by atoms with E-state index in [4.69, 9.17) is 15.0 Å². The Bertz CT molecular complexity index is 202. The zero-order chi connectivity index (χ0) is 9.78. The molecule has 0 aromatic heterocycles. The fourth-order valence-corrected chi connectivity index (χ4v) is 1.09. The van der Waals surface area contributed by atoms with Crippen molar-refractivity contribution in [3.05, 3.63) is 0 Å². The van der Waals surface area contributed by atoms with Gasteiger partial charge >= 0.3 is 13.6 Å². The van der Waals surface area contributed by atoms with Crippen LogP contribution in [0.3, 0.4) is 0 Å². The molecule has 0 rings (SSSR count). The second-order valence-electron chi connectivity index (χ2n) is 2.20. The van der Waals surface area contributed by atoms with Crippen LogP contribution in [0.2, 0.25) is 0 Å². The van der Waals surface area contributed by atoms with Crippen LogP contribution >= 0.6 is 7.60 Å². The van der Waals surface area contributed by atoms with Gasteiger partial charge in [0.2, 0.25) is 0 Å². The molecule has 0 bridgehead atoms. The minimum Gasteiger partial charge on any atom is -0.350 e. The highest BCUT2D eigenvalue weighted by Crippen LogP contribution is 2.34. The lowest BCUT2D eigenvalue weighted by molar-refractivity contribution is -0.0389. The SMILES string of the molecule is NC(=O)N(O)CCCP(=O)(O)O. The number of primary amides is 1. The van der Waals surface area contributed by atoms with Crippen LogP contribution < -0.4 is 5.73 Å². The van der Waals surface area contributed by atoms with Crippen molar-refractivity contribution in [2.45, 2.75) is 6.42 Å². The lowest BCUT2D eigenvalue weighted by Crippen LogP contribution is -2.33. The van der Waals surface area contributed by atoms with E-state index < -0.39 is 13.6 Å². The monoisotopic (exact) mass is 198 g/mol. The van der Waals surface area contributed by atoms with E-state index in [1.807, 2.05) is 0 Å². The first kappa shape index (κ1) is 11.4. The summed E-state index contributed by atoms with van der Waals surface area (Å²) in [4.78, 5) is 26.9. The van der Waals surface area contributed by atoms with Crippen LogP contribution in [0.25, 0.3) is 0 Å². The van der Waals surface area contributed by atoms with Gasteiger partial charge in [0.15, 0.2) is 0 Å². The number of carbonyl (C=O) groups is 1. The fourth-order valence-electron chi connectivity index (χ4n) is 0.537. The maximum absolute atomic E-state index is 10.3. The van der Waals surface area contributed by atoms with Crippen molar-refractivity contribution in [1.82, 2.24) is 5.06 Å². The quantitative estimate of drug-likeness (QED) is 0.270. The molecule has 2 amide bonds. The lowest BCUT2D eigenvalue weighted by atomic mass is 10.5. The molecular weight excluding hydrogens is 187 g/mol. The Morgan fingerprint density at radius 1 is 1.50 bits per heavy atom. The molecule has 0 heterocycles. The molecule has 8 heteroatoms. The van der Waals surface area contributed by atoms with Gasteiger partial charge in [-0.3, -0.25) is 9.77 Å². The van der Waals surface area contributed by atoms with Crippen molar-refractivity contribution in [3.63, 3.8) is 0 Å². The lowest BCUT2D eigenvalue weighted by Gasteiger charge is -2.11. The fraction of sp³-hybridized carbons (Fsp3) is 0.750. The van der Waals surface area contributed by atoms with Gasteiger partial charge in [0.25, 0.3) is 0 Å². The number of nitrogens with two attached hydrogens (primary N) is 1. The van der Waals surface area contributed by atoms with E-state index in [0.29, 0.717) is 0 Å². The molecule has 0 aromatic rings. The summed E-state index contributed by atoms with van der Waals surface area (Å²) in [6.45, 7) is -0.180. The van der Waals surface area contributed by atoms with Gasteiger partial charge in [0.05, 0.1) is 12.7 Å². The molecule has 12 heavy (non-hydrogen) atoms. The number of amides is 2. The van der Waals surface area contributed by atoms with Crippen LogP contribution in [0.4, 0.5) is 4.79 Å². The first-order valence-electron chi connectivity index (χ1n) is 3.13. The molecular formula is C4H11N2O5P. The number of rotatable bonds is 4. The first-order chi connectivity index (χ1) is 5.33. The maximum Gasteiger partial charge on any atom is 0.338 e. The molecule has 0 saturated heterocycles. The average molecular weight is 198 g/mol. The van der Waals surface area contributed by atoms with Crippen molar-refractivity contribution in [2.75, 3.05) is 12.7 Å². The number of hydrogen-bond donors (Lipinski definition) is 4. The molecule has 0 aliphatic carbocycles. The molecule has 0 unspecified atom stereocenters. The highest BCUT2D eigenvalue weighted by molar-refractivity contribution is 7.51. The Morgan fingerprint density at radius 2 is 2.00 bits per heavy atom. The van der Waals surface area contributed by atoms with Gasteiger partial charge in [-0.2, -0.15) is 0 Å². The van der Waals surface area contributed by atoms with Crippen molar-refractivity contribution in [3.8, 4) is 0 Å². The van der Waals surface area contributed by atoms with Gasteiger partial charge in [-0.05, 0) is 6.42 Å². The predicted molar refractivity (Wildman–Crippen MR) is 39.6 cm³/mol. The van der Waals surface area contributed by atoms with E-state index in [1.165, 1.54) is 0 Å². The standard InChI is InChI=1S/C4H11N2O5P/c5-4(7)6(8)2-1-3-12(9,10)11/h8H,1-3H2,(H2,5,7)(H2,9,10,11). The van der Waals surface area contributed by atoms with Gasteiger partial charge in [0, 0.05) is 0 Å². The smallest absolute Gasteiger partial charge is 0.338 e. The third kappa shape index (κ3) is 6.11. The molecule has 0 fully saturated rings. The molecule has 0 atom stereocenters. The van der Waals surface area contributed by atoms with Gasteiger partial charge < -0.3 is 15.5 Å². The van der Waals surface area contributed by atoms with Crippen LogP contribution in [-0.2, 0) is 4.57 Å². The van der Waals surface area contributed by atoms with Crippen LogP contribution in [0, 0.1) is 0 Å². The summed E-state index contributed by atoms with van der Waals surface area (Å²) in [6, 6.07) is -1.04. The van der Waals surface area contributed by atoms with E-state index in [-0.39, 0.29) is 24.2 Å². The number of nitrogens with zero attached hydrogens (tertiary/aromatic N) is 1. The zero-order valence-electron chi connectivity index (χ0n) is 6.25. The van der Waals surface area contributed by atoms with E-state index in [1.54, 1.807) is 0 Å². The van der Waals surface area contributed by atoms with E-state index in [2.05, 4.69) is 5.73 Å². The molecule has 0 spiro atoms. The van der Waals surface area contributed by atoms with Crippen LogP contribution in [0.15, 0.2) is 0 Å². The highest BCUT2D eigenvalue weighted by atomic mass is 31.2. The van der Waals surface area contributed by atoms with E-state index in [0.717, 1.165) is 0 Å². The van der Waals surface area contributed by atoms with Gasteiger partial charge in [-0.15, -0.1) is 0 Å². The third-order valence-corrected chi connectivity index (χ3v) is 1.97. The Labute approximate surface area is 68.9 Å². The number of carbonyl (C=O) groups excluding carboxylic acids is 1. The average Bonchev–Trinajstić information content (AvgIpc) is 1.84. The van der Waals surface area contributed by atoms with Crippen molar-refractivity contribution in [2.24, 2.45) is 5.73 Å². The Hall–Kier alpha value is -0.620. The van der Waals surface area contributed by atoms with E-state index >= 15 is 0 Å². The Kier molecular flexibility index (Phi) is 4.19. The molecule has 0 aliphatic heterocycles. The minimum absolute atomic E-state index is 0.00369. The summed E-state index contributed by atoms with van der Waals surface area (Å²) in [7, 11) is -4.04. The number of hydroxylamine groups is 2. The van der Waals surface area contributed by atoms with E-state index in [9.17, 15) is 9.36 Å². The first-order valence-corrected chi connectivity index (χ1v) is 4.93. The summed E-state index contributed by atoms with van der Waals surface area (Å²) >= 11 is 0. The number of hydrogen-bond acceptors (Lipinski definition) is 3. The molecule has 0 aromatic carbocycles. The van der Waals surface area contributed by atoms with Gasteiger partial charge in [-0.25, -0.2) is 9.86 Å². The maximum atomic E-state index is 10.3. The Balaban J connectivity index is 3.58. The van der Waals surface area contributed by atoms with Crippen molar-refractivity contribution in [1.29, 1.82) is 0 Å².